The van der Waals surface area contributed by atoms with Crippen LogP contribution in [-0.4, -0.2) is 42.9 Å². The lowest BCUT2D eigenvalue weighted by molar-refractivity contribution is 0.143. The van der Waals surface area contributed by atoms with Gasteiger partial charge in [-0.25, -0.2) is 4.98 Å². The number of anilines is 2. The third-order valence-corrected chi connectivity index (χ3v) is 3.39. The van der Waals surface area contributed by atoms with Gasteiger partial charge in [0.2, 0.25) is 5.88 Å². The monoisotopic (exact) mass is 280 g/mol. The predicted molar refractivity (Wildman–Crippen MR) is 79.0 cm³/mol. The molecular formula is C14H24N4O2. The SMILES string of the molecule is COCC1CCCN(c2ncnc(OC(C)C)c2N)C1. The van der Waals surface area contributed by atoms with E-state index in [1.807, 2.05) is 13.8 Å². The summed E-state index contributed by atoms with van der Waals surface area (Å²) >= 11 is 0. The lowest BCUT2D eigenvalue weighted by Crippen LogP contribution is -2.38. The van der Waals surface area contributed by atoms with Crippen LogP contribution in [-0.2, 0) is 4.74 Å². The standard InChI is InChI=1S/C14H24N4O2/c1-10(2)20-14-12(15)13(16-9-17-14)18-6-4-5-11(7-18)8-19-3/h9-11H,4-8,15H2,1-3H3. The van der Waals surface area contributed by atoms with E-state index >= 15 is 0 Å². The summed E-state index contributed by atoms with van der Waals surface area (Å²) in [4.78, 5) is 10.7. The van der Waals surface area contributed by atoms with Gasteiger partial charge in [-0.3, -0.25) is 0 Å². The molecule has 2 heterocycles. The van der Waals surface area contributed by atoms with Crippen molar-refractivity contribution in [2.24, 2.45) is 5.92 Å². The first kappa shape index (κ1) is 14.8. The third-order valence-electron chi connectivity index (χ3n) is 3.39. The second-order valence-electron chi connectivity index (χ2n) is 5.49. The molecule has 0 amide bonds. The highest BCUT2D eigenvalue weighted by Gasteiger charge is 2.24. The van der Waals surface area contributed by atoms with Crippen LogP contribution in [0, 0.1) is 5.92 Å². The zero-order valence-corrected chi connectivity index (χ0v) is 12.5. The van der Waals surface area contributed by atoms with Crippen molar-refractivity contribution in [2.45, 2.75) is 32.8 Å². The Kier molecular flexibility index (Phi) is 5.00. The van der Waals surface area contributed by atoms with Crippen LogP contribution in [0.25, 0.3) is 0 Å². The average Bonchev–Trinajstić information content (AvgIpc) is 2.41. The maximum atomic E-state index is 6.16. The van der Waals surface area contributed by atoms with Crippen molar-refractivity contribution in [1.29, 1.82) is 0 Å². The maximum Gasteiger partial charge on any atom is 0.242 e. The smallest absolute Gasteiger partial charge is 0.242 e. The summed E-state index contributed by atoms with van der Waals surface area (Å²) < 4.78 is 10.9. The van der Waals surface area contributed by atoms with Crippen LogP contribution < -0.4 is 15.4 Å². The van der Waals surface area contributed by atoms with Crippen molar-refractivity contribution in [3.8, 4) is 5.88 Å². The number of hydrogen-bond acceptors (Lipinski definition) is 6. The first-order valence-corrected chi connectivity index (χ1v) is 7.12. The fourth-order valence-electron chi connectivity index (χ4n) is 2.57. The molecule has 1 aromatic rings. The number of ether oxygens (including phenoxy) is 2. The number of piperidine rings is 1. The van der Waals surface area contributed by atoms with Crippen LogP contribution in [0.1, 0.15) is 26.7 Å². The zero-order valence-electron chi connectivity index (χ0n) is 12.5. The number of nitrogen functional groups attached to an aromatic ring is 1. The minimum Gasteiger partial charge on any atom is -0.473 e. The summed E-state index contributed by atoms with van der Waals surface area (Å²) in [6, 6.07) is 0. The van der Waals surface area contributed by atoms with Crippen LogP contribution >= 0.6 is 0 Å². The van der Waals surface area contributed by atoms with E-state index < -0.39 is 0 Å². The van der Waals surface area contributed by atoms with Crippen LogP contribution in [0.4, 0.5) is 11.5 Å². The molecule has 1 aliphatic rings. The Balaban J connectivity index is 2.15. The van der Waals surface area contributed by atoms with E-state index in [2.05, 4.69) is 14.9 Å². The van der Waals surface area contributed by atoms with Crippen LogP contribution in [0.5, 0.6) is 5.88 Å². The van der Waals surface area contributed by atoms with Gasteiger partial charge in [0.15, 0.2) is 5.82 Å². The van der Waals surface area contributed by atoms with Gasteiger partial charge < -0.3 is 20.1 Å². The topological polar surface area (TPSA) is 73.5 Å². The molecule has 0 bridgehead atoms. The summed E-state index contributed by atoms with van der Waals surface area (Å²) in [6.07, 6.45) is 3.87. The molecule has 1 fully saturated rings. The number of nitrogens with two attached hydrogens (primary N) is 1. The molecule has 1 atom stereocenters. The lowest BCUT2D eigenvalue weighted by Gasteiger charge is -2.33. The van der Waals surface area contributed by atoms with Crippen molar-refractivity contribution in [3.63, 3.8) is 0 Å². The summed E-state index contributed by atoms with van der Waals surface area (Å²) in [6.45, 7) is 6.56. The van der Waals surface area contributed by atoms with E-state index in [-0.39, 0.29) is 6.10 Å². The third kappa shape index (κ3) is 3.50. The van der Waals surface area contributed by atoms with Crippen molar-refractivity contribution < 1.29 is 9.47 Å². The van der Waals surface area contributed by atoms with Crippen LogP contribution in [0.3, 0.4) is 0 Å². The summed E-state index contributed by atoms with van der Waals surface area (Å²) in [5.74, 6) is 1.77. The Hall–Kier alpha value is -1.56. The number of aromatic nitrogens is 2. The second kappa shape index (κ2) is 6.74. The molecular weight excluding hydrogens is 256 g/mol. The molecule has 0 radical (unpaired) electrons. The van der Waals surface area contributed by atoms with Crippen molar-refractivity contribution in [3.05, 3.63) is 6.33 Å². The Morgan fingerprint density at radius 1 is 1.45 bits per heavy atom. The van der Waals surface area contributed by atoms with E-state index in [4.69, 9.17) is 15.2 Å². The molecule has 0 saturated carbocycles. The van der Waals surface area contributed by atoms with Crippen LogP contribution in [0.15, 0.2) is 6.33 Å². The highest BCUT2D eigenvalue weighted by molar-refractivity contribution is 5.67. The lowest BCUT2D eigenvalue weighted by atomic mass is 9.99. The molecule has 0 aliphatic carbocycles. The Labute approximate surface area is 120 Å². The fraction of sp³-hybridized carbons (Fsp3) is 0.714. The minimum atomic E-state index is 0.0441. The van der Waals surface area contributed by atoms with Gasteiger partial charge in [0.05, 0.1) is 12.7 Å². The molecule has 2 N–H and O–H groups in total. The molecule has 0 aromatic carbocycles. The first-order valence-electron chi connectivity index (χ1n) is 7.12. The normalized spacial score (nSPS) is 19.4. The molecule has 1 saturated heterocycles. The summed E-state index contributed by atoms with van der Waals surface area (Å²) in [5, 5.41) is 0. The van der Waals surface area contributed by atoms with Crippen molar-refractivity contribution >= 4 is 11.5 Å². The summed E-state index contributed by atoms with van der Waals surface area (Å²) in [7, 11) is 1.74. The molecule has 2 rings (SSSR count). The minimum absolute atomic E-state index is 0.0441. The van der Waals surface area contributed by atoms with Crippen molar-refractivity contribution in [2.75, 3.05) is 37.4 Å². The molecule has 6 heteroatoms. The molecule has 20 heavy (non-hydrogen) atoms. The van der Waals surface area contributed by atoms with Gasteiger partial charge in [0.25, 0.3) is 0 Å². The van der Waals surface area contributed by atoms with E-state index in [0.717, 1.165) is 31.9 Å². The Morgan fingerprint density at radius 2 is 2.25 bits per heavy atom. The Morgan fingerprint density at radius 3 is 2.95 bits per heavy atom. The van der Waals surface area contributed by atoms with Gasteiger partial charge >= 0.3 is 0 Å². The van der Waals surface area contributed by atoms with Gasteiger partial charge in [-0.05, 0) is 32.6 Å². The fourth-order valence-corrected chi connectivity index (χ4v) is 2.57. The number of hydrogen-bond donors (Lipinski definition) is 1. The van der Waals surface area contributed by atoms with E-state index in [1.165, 1.54) is 12.7 Å². The molecule has 1 aliphatic heterocycles. The van der Waals surface area contributed by atoms with Crippen LogP contribution in [0.2, 0.25) is 0 Å². The Bertz CT molecular complexity index is 437. The molecule has 1 aromatic heterocycles. The van der Waals surface area contributed by atoms with E-state index in [0.29, 0.717) is 17.5 Å². The average molecular weight is 280 g/mol. The summed E-state index contributed by atoms with van der Waals surface area (Å²) in [5.41, 5.74) is 6.69. The first-order chi connectivity index (χ1) is 9.61. The molecule has 1 unspecified atom stereocenters. The van der Waals surface area contributed by atoms with E-state index in [9.17, 15) is 0 Å². The quantitative estimate of drug-likeness (QED) is 0.885. The van der Waals surface area contributed by atoms with E-state index in [1.54, 1.807) is 7.11 Å². The highest BCUT2D eigenvalue weighted by atomic mass is 16.5. The largest absolute Gasteiger partial charge is 0.473 e. The molecule has 112 valence electrons. The maximum absolute atomic E-state index is 6.16. The van der Waals surface area contributed by atoms with Gasteiger partial charge in [-0.15, -0.1) is 0 Å². The van der Waals surface area contributed by atoms with Gasteiger partial charge in [0.1, 0.15) is 12.0 Å². The highest BCUT2D eigenvalue weighted by Crippen LogP contribution is 2.31. The number of nitrogens with zero attached hydrogens (tertiary/aromatic N) is 3. The van der Waals surface area contributed by atoms with Gasteiger partial charge in [-0.1, -0.05) is 0 Å². The van der Waals surface area contributed by atoms with Crippen molar-refractivity contribution in [1.82, 2.24) is 9.97 Å². The zero-order chi connectivity index (χ0) is 14.5. The predicted octanol–water partition coefficient (Wildman–Crippen LogP) is 1.71. The number of rotatable bonds is 5. The molecule has 6 nitrogen and oxygen atoms in total. The van der Waals surface area contributed by atoms with Gasteiger partial charge in [-0.2, -0.15) is 4.98 Å². The number of methoxy groups -OCH3 is 1. The second-order valence-corrected chi connectivity index (χ2v) is 5.49. The molecule has 0 spiro atoms. The van der Waals surface area contributed by atoms with Gasteiger partial charge in [0, 0.05) is 20.2 Å².